The second-order valence-electron chi connectivity index (χ2n) is 3.97. The molecule has 19 heavy (non-hydrogen) atoms. The van der Waals surface area contributed by atoms with Gasteiger partial charge >= 0.3 is 0 Å². The van der Waals surface area contributed by atoms with Crippen LogP contribution in [0.4, 0.5) is 13.2 Å². The minimum absolute atomic E-state index is 0.111. The number of halogens is 4. The molecule has 0 radical (unpaired) electrons. The normalized spacial score (nSPS) is 12.5. The molecule has 2 aromatic carbocycles. The van der Waals surface area contributed by atoms with Crippen molar-refractivity contribution in [3.05, 3.63) is 70.0 Å². The van der Waals surface area contributed by atoms with Gasteiger partial charge in [0.25, 0.3) is 0 Å². The van der Waals surface area contributed by atoms with Crippen molar-refractivity contribution in [3.8, 4) is 0 Å². The Balaban J connectivity index is 2.52. The molecule has 3 N–H and O–H groups in total. The molecule has 100 valence electrons. The minimum Gasteiger partial charge on any atom is -0.271 e. The van der Waals surface area contributed by atoms with Gasteiger partial charge in [-0.3, -0.25) is 5.84 Å². The summed E-state index contributed by atoms with van der Waals surface area (Å²) in [4.78, 5) is 0. The van der Waals surface area contributed by atoms with Gasteiger partial charge in [-0.1, -0.05) is 11.6 Å². The van der Waals surface area contributed by atoms with Gasteiger partial charge in [0.2, 0.25) is 0 Å². The number of hydrazine groups is 1. The van der Waals surface area contributed by atoms with Crippen LogP contribution in [0.25, 0.3) is 0 Å². The van der Waals surface area contributed by atoms with Gasteiger partial charge in [-0.25, -0.2) is 18.6 Å². The molecular formula is C13H10ClF3N2. The maximum absolute atomic E-state index is 13.8. The van der Waals surface area contributed by atoms with Crippen molar-refractivity contribution in [2.45, 2.75) is 6.04 Å². The fraction of sp³-hybridized carbons (Fsp3) is 0.0769. The fourth-order valence-corrected chi connectivity index (χ4v) is 2.02. The van der Waals surface area contributed by atoms with Gasteiger partial charge in [0.15, 0.2) is 0 Å². The van der Waals surface area contributed by atoms with Gasteiger partial charge < -0.3 is 0 Å². The highest BCUT2D eigenvalue weighted by atomic mass is 35.5. The molecule has 0 aliphatic heterocycles. The van der Waals surface area contributed by atoms with Gasteiger partial charge in [0.05, 0.1) is 6.04 Å². The number of nitrogens with one attached hydrogen (secondary N) is 1. The summed E-state index contributed by atoms with van der Waals surface area (Å²) in [5.41, 5.74) is 2.60. The van der Waals surface area contributed by atoms with Crippen LogP contribution >= 0.6 is 11.6 Å². The summed E-state index contributed by atoms with van der Waals surface area (Å²) in [5, 5.41) is 0.300. The van der Waals surface area contributed by atoms with Crippen molar-refractivity contribution in [2.75, 3.05) is 0 Å². The van der Waals surface area contributed by atoms with E-state index >= 15 is 0 Å². The third-order valence-electron chi connectivity index (χ3n) is 2.65. The molecule has 0 aliphatic rings. The molecule has 2 nitrogen and oxygen atoms in total. The molecule has 1 unspecified atom stereocenters. The number of hydrogen-bond acceptors (Lipinski definition) is 2. The average molecular weight is 287 g/mol. The Hall–Kier alpha value is -1.56. The van der Waals surface area contributed by atoms with Crippen LogP contribution in [0.3, 0.4) is 0 Å². The Morgan fingerprint density at radius 3 is 2.21 bits per heavy atom. The maximum Gasteiger partial charge on any atom is 0.128 e. The summed E-state index contributed by atoms with van der Waals surface area (Å²) in [5.74, 6) is 3.25. The van der Waals surface area contributed by atoms with Crippen LogP contribution in [0.15, 0.2) is 36.4 Å². The predicted octanol–water partition coefficient (Wildman–Crippen LogP) is 3.31. The SMILES string of the molecule is NNC(c1cc(F)cc(F)c1)c1cc(Cl)ccc1F. The molecule has 0 aliphatic carbocycles. The van der Waals surface area contributed by atoms with Crippen molar-refractivity contribution in [3.63, 3.8) is 0 Å². The van der Waals surface area contributed by atoms with E-state index in [0.717, 1.165) is 24.3 Å². The topological polar surface area (TPSA) is 38.0 Å². The first kappa shape index (κ1) is 13.9. The molecule has 0 heterocycles. The first-order valence-electron chi connectivity index (χ1n) is 5.38. The molecular weight excluding hydrogens is 277 g/mol. The van der Waals surface area contributed by atoms with Crippen LogP contribution in [0.2, 0.25) is 5.02 Å². The summed E-state index contributed by atoms with van der Waals surface area (Å²) in [6.45, 7) is 0. The Bertz CT molecular complexity index is 584. The third-order valence-corrected chi connectivity index (χ3v) is 2.89. The Labute approximate surface area is 113 Å². The highest BCUT2D eigenvalue weighted by Crippen LogP contribution is 2.27. The molecule has 0 bridgehead atoms. The highest BCUT2D eigenvalue weighted by molar-refractivity contribution is 6.30. The first-order valence-corrected chi connectivity index (χ1v) is 5.76. The van der Waals surface area contributed by atoms with Crippen molar-refractivity contribution in [1.29, 1.82) is 0 Å². The zero-order valence-electron chi connectivity index (χ0n) is 9.63. The molecule has 0 saturated heterocycles. The van der Waals surface area contributed by atoms with Crippen molar-refractivity contribution in [1.82, 2.24) is 5.43 Å². The summed E-state index contributed by atoms with van der Waals surface area (Å²) in [7, 11) is 0. The molecule has 0 amide bonds. The van der Waals surface area contributed by atoms with Crippen LogP contribution in [0, 0.1) is 17.5 Å². The van der Waals surface area contributed by atoms with Crippen LogP contribution in [0.1, 0.15) is 17.2 Å². The van der Waals surface area contributed by atoms with E-state index in [4.69, 9.17) is 17.4 Å². The average Bonchev–Trinajstić information content (AvgIpc) is 2.33. The second-order valence-corrected chi connectivity index (χ2v) is 4.40. The fourth-order valence-electron chi connectivity index (χ4n) is 1.84. The van der Waals surface area contributed by atoms with E-state index in [-0.39, 0.29) is 11.1 Å². The molecule has 0 spiro atoms. The van der Waals surface area contributed by atoms with Crippen molar-refractivity contribution in [2.24, 2.45) is 5.84 Å². The Morgan fingerprint density at radius 2 is 1.63 bits per heavy atom. The minimum atomic E-state index is -0.899. The van der Waals surface area contributed by atoms with E-state index in [1.54, 1.807) is 0 Å². The number of hydrogen-bond donors (Lipinski definition) is 2. The molecule has 2 aromatic rings. The van der Waals surface area contributed by atoms with Crippen molar-refractivity contribution < 1.29 is 13.2 Å². The van der Waals surface area contributed by atoms with E-state index in [9.17, 15) is 13.2 Å². The van der Waals surface area contributed by atoms with Gasteiger partial charge in [0.1, 0.15) is 17.5 Å². The number of rotatable bonds is 3. The summed E-state index contributed by atoms with van der Waals surface area (Å²) < 4.78 is 40.1. The molecule has 2 rings (SSSR count). The molecule has 0 fully saturated rings. The van der Waals surface area contributed by atoms with E-state index < -0.39 is 23.5 Å². The van der Waals surface area contributed by atoms with Gasteiger partial charge in [-0.15, -0.1) is 0 Å². The van der Waals surface area contributed by atoms with E-state index in [2.05, 4.69) is 5.43 Å². The van der Waals surface area contributed by atoms with Crippen LogP contribution in [-0.4, -0.2) is 0 Å². The zero-order chi connectivity index (χ0) is 14.0. The molecule has 0 aromatic heterocycles. The lowest BCUT2D eigenvalue weighted by Gasteiger charge is -2.18. The van der Waals surface area contributed by atoms with E-state index in [0.29, 0.717) is 5.02 Å². The highest BCUT2D eigenvalue weighted by Gasteiger charge is 2.18. The quantitative estimate of drug-likeness (QED) is 0.671. The van der Waals surface area contributed by atoms with Gasteiger partial charge in [0, 0.05) is 16.7 Å². The van der Waals surface area contributed by atoms with Crippen molar-refractivity contribution >= 4 is 11.6 Å². The third kappa shape index (κ3) is 3.07. The lowest BCUT2D eigenvalue weighted by Crippen LogP contribution is -2.29. The lowest BCUT2D eigenvalue weighted by molar-refractivity contribution is 0.544. The molecule has 0 saturated carbocycles. The zero-order valence-corrected chi connectivity index (χ0v) is 10.4. The monoisotopic (exact) mass is 286 g/mol. The number of benzene rings is 2. The van der Waals surface area contributed by atoms with E-state index in [1.807, 2.05) is 0 Å². The van der Waals surface area contributed by atoms with Gasteiger partial charge in [-0.2, -0.15) is 0 Å². The lowest BCUT2D eigenvalue weighted by atomic mass is 9.98. The molecule has 1 atom stereocenters. The van der Waals surface area contributed by atoms with Crippen LogP contribution < -0.4 is 11.3 Å². The van der Waals surface area contributed by atoms with E-state index in [1.165, 1.54) is 12.1 Å². The van der Waals surface area contributed by atoms with Crippen LogP contribution in [0.5, 0.6) is 0 Å². The molecule has 6 heteroatoms. The van der Waals surface area contributed by atoms with Crippen LogP contribution in [-0.2, 0) is 0 Å². The largest absolute Gasteiger partial charge is 0.271 e. The Morgan fingerprint density at radius 1 is 1.00 bits per heavy atom. The first-order chi connectivity index (χ1) is 9.01. The summed E-state index contributed by atoms with van der Waals surface area (Å²) in [6, 6.07) is 5.87. The number of nitrogens with two attached hydrogens (primary N) is 1. The Kier molecular flexibility index (Phi) is 4.09. The summed E-state index contributed by atoms with van der Waals surface area (Å²) in [6.07, 6.45) is 0. The summed E-state index contributed by atoms with van der Waals surface area (Å²) >= 11 is 5.78. The predicted molar refractivity (Wildman–Crippen MR) is 66.9 cm³/mol. The smallest absolute Gasteiger partial charge is 0.128 e. The second kappa shape index (κ2) is 5.61. The van der Waals surface area contributed by atoms with Gasteiger partial charge in [-0.05, 0) is 35.9 Å². The standard InChI is InChI=1S/C13H10ClF3N2/c14-8-1-2-12(17)11(5-8)13(19-18)7-3-9(15)6-10(16)4-7/h1-6,13,19H,18H2. The maximum atomic E-state index is 13.8.